The Morgan fingerprint density at radius 2 is 0.912 bits per heavy atom. The number of hydrogen-bond donors (Lipinski definition) is 0. The maximum Gasteiger partial charge on any atom is 0.0640 e. The number of aromatic nitrogens is 1. The third kappa shape index (κ3) is 5.55. The number of rotatable bonds is 7. The molecule has 3 heteroatoms. The van der Waals surface area contributed by atoms with E-state index >= 15 is 0 Å². The van der Waals surface area contributed by atoms with Crippen molar-refractivity contribution in [2.75, 3.05) is 4.90 Å². The smallest absolute Gasteiger partial charge is 0.0640 e. The Hall–Kier alpha value is -7.20. The molecule has 0 spiro atoms. The highest BCUT2D eigenvalue weighted by Gasteiger charge is 2.26. The highest BCUT2D eigenvalue weighted by Crippen LogP contribution is 2.50. The minimum Gasteiger partial charge on any atom is -0.309 e. The second-order valence-electron chi connectivity index (χ2n) is 14.5. The first-order valence-electron chi connectivity index (χ1n) is 19.4. The van der Waals surface area contributed by atoms with Crippen molar-refractivity contribution in [3.05, 3.63) is 218 Å². The number of para-hydroxylation sites is 2. The Balaban J connectivity index is 1.25. The van der Waals surface area contributed by atoms with Gasteiger partial charge >= 0.3 is 0 Å². The summed E-state index contributed by atoms with van der Waals surface area (Å²) in [7, 11) is 0. The number of fused-ring (bicyclic) bond motifs is 6. The predicted octanol–water partition coefficient (Wildman–Crippen LogP) is 15.6. The molecule has 0 aliphatic heterocycles. The maximum atomic E-state index is 2.53. The van der Waals surface area contributed by atoms with E-state index in [9.17, 15) is 0 Å². The van der Waals surface area contributed by atoms with Crippen molar-refractivity contribution in [2.24, 2.45) is 0 Å². The Bertz CT molecular complexity index is 3230. The lowest BCUT2D eigenvalue weighted by Crippen LogP contribution is -2.12. The van der Waals surface area contributed by atoms with Gasteiger partial charge in [-0.15, -0.1) is 11.3 Å². The average Bonchev–Trinajstić information content (AvgIpc) is 3.84. The highest BCUT2D eigenvalue weighted by molar-refractivity contribution is 7.26. The lowest BCUT2D eigenvalue weighted by atomic mass is 9.98. The first kappa shape index (κ1) is 33.2. The molecular weight excluding hydrogens is 709 g/mol. The molecule has 0 aliphatic rings. The van der Waals surface area contributed by atoms with E-state index < -0.39 is 0 Å². The van der Waals surface area contributed by atoms with E-state index in [0.717, 1.165) is 28.3 Å². The van der Waals surface area contributed by atoms with Crippen LogP contribution in [0.1, 0.15) is 0 Å². The van der Waals surface area contributed by atoms with Gasteiger partial charge in [-0.3, -0.25) is 0 Å². The van der Waals surface area contributed by atoms with Crippen molar-refractivity contribution in [1.29, 1.82) is 0 Å². The topological polar surface area (TPSA) is 8.17 Å². The normalized spacial score (nSPS) is 11.5. The number of benzene rings is 9. The van der Waals surface area contributed by atoms with Crippen molar-refractivity contribution < 1.29 is 0 Å². The largest absolute Gasteiger partial charge is 0.309 e. The minimum absolute atomic E-state index is 1.13. The zero-order valence-electron chi connectivity index (χ0n) is 31.1. The zero-order valence-corrected chi connectivity index (χ0v) is 31.9. The molecule has 0 radical (unpaired) electrons. The number of nitrogens with zero attached hydrogens (tertiary/aromatic N) is 2. The van der Waals surface area contributed by atoms with Gasteiger partial charge in [0, 0.05) is 37.4 Å². The second-order valence-corrected chi connectivity index (χ2v) is 15.5. The van der Waals surface area contributed by atoms with Gasteiger partial charge in [-0.1, -0.05) is 176 Å². The molecule has 2 nitrogen and oxygen atoms in total. The molecule has 0 fully saturated rings. The fourth-order valence-corrected chi connectivity index (χ4v) is 9.87. The molecule has 0 N–H and O–H groups in total. The van der Waals surface area contributed by atoms with Crippen LogP contribution in [0.2, 0.25) is 0 Å². The van der Waals surface area contributed by atoms with Crippen LogP contribution in [0.3, 0.4) is 0 Å². The molecule has 2 aromatic heterocycles. The van der Waals surface area contributed by atoms with Crippen LogP contribution >= 0.6 is 11.3 Å². The standard InChI is InChI=1S/C54H36N2S/c1-4-18-37(19-5-1)40-34-35-42(39-22-8-3-9-23-39)51(36-40)56-47-29-14-11-26-45(47)53-48(30-17-31-49(53)56)55(46-28-13-10-24-41(46)38-20-6-2-7-21-38)50-32-16-27-44-43-25-12-15-33-52(43)57-54(44)50/h1-36H. The van der Waals surface area contributed by atoms with Crippen molar-refractivity contribution >= 4 is 70.4 Å². The summed E-state index contributed by atoms with van der Waals surface area (Å²) in [6.45, 7) is 0. The third-order valence-corrected chi connectivity index (χ3v) is 12.4. The van der Waals surface area contributed by atoms with Gasteiger partial charge in [0.15, 0.2) is 0 Å². The van der Waals surface area contributed by atoms with Crippen LogP contribution in [0.5, 0.6) is 0 Å². The van der Waals surface area contributed by atoms with Gasteiger partial charge in [-0.05, 0) is 64.7 Å². The molecular formula is C54H36N2S. The number of anilines is 3. The van der Waals surface area contributed by atoms with E-state index in [4.69, 9.17) is 0 Å². The van der Waals surface area contributed by atoms with Gasteiger partial charge in [0.2, 0.25) is 0 Å². The Morgan fingerprint density at radius 3 is 1.70 bits per heavy atom. The van der Waals surface area contributed by atoms with Crippen LogP contribution in [-0.4, -0.2) is 4.57 Å². The molecule has 2 heterocycles. The van der Waals surface area contributed by atoms with Gasteiger partial charge < -0.3 is 9.47 Å². The fourth-order valence-electron chi connectivity index (χ4n) is 8.66. The summed E-state index contributed by atoms with van der Waals surface area (Å²) in [5.41, 5.74) is 14.0. The van der Waals surface area contributed by atoms with E-state index in [2.05, 4.69) is 228 Å². The van der Waals surface area contributed by atoms with Crippen LogP contribution in [0.25, 0.3) is 81.0 Å². The summed E-state index contributed by atoms with van der Waals surface area (Å²) in [5.74, 6) is 0. The predicted molar refractivity (Wildman–Crippen MR) is 245 cm³/mol. The van der Waals surface area contributed by atoms with E-state index in [-0.39, 0.29) is 0 Å². The summed E-state index contributed by atoms with van der Waals surface area (Å²) < 4.78 is 5.05. The summed E-state index contributed by atoms with van der Waals surface area (Å²) in [5, 5.41) is 4.98. The second kappa shape index (κ2) is 13.8. The Labute approximate surface area is 335 Å². The summed E-state index contributed by atoms with van der Waals surface area (Å²) in [4.78, 5) is 2.53. The van der Waals surface area contributed by atoms with E-state index in [1.165, 1.54) is 69.8 Å². The maximum absolute atomic E-state index is 2.53. The molecule has 11 aromatic rings. The Kier molecular flexibility index (Phi) is 8.04. The van der Waals surface area contributed by atoms with E-state index in [1.54, 1.807) is 0 Å². The van der Waals surface area contributed by atoms with Gasteiger partial charge in [0.05, 0.1) is 38.5 Å². The number of thiophene rings is 1. The molecule has 0 saturated heterocycles. The molecule has 9 aromatic carbocycles. The Morgan fingerprint density at radius 1 is 0.351 bits per heavy atom. The van der Waals surface area contributed by atoms with Gasteiger partial charge in [0.25, 0.3) is 0 Å². The van der Waals surface area contributed by atoms with E-state index in [0.29, 0.717) is 0 Å². The lowest BCUT2D eigenvalue weighted by molar-refractivity contribution is 1.18. The van der Waals surface area contributed by atoms with Crippen molar-refractivity contribution in [3.63, 3.8) is 0 Å². The molecule has 0 saturated carbocycles. The van der Waals surface area contributed by atoms with Crippen LogP contribution < -0.4 is 4.90 Å². The molecule has 11 rings (SSSR count). The molecule has 0 aliphatic carbocycles. The molecule has 0 atom stereocenters. The summed E-state index contributed by atoms with van der Waals surface area (Å²) in [6.07, 6.45) is 0. The van der Waals surface area contributed by atoms with Gasteiger partial charge in [-0.2, -0.15) is 0 Å². The summed E-state index contributed by atoms with van der Waals surface area (Å²) >= 11 is 1.87. The molecule has 268 valence electrons. The molecule has 0 bridgehead atoms. The van der Waals surface area contributed by atoms with E-state index in [1.807, 2.05) is 11.3 Å². The average molecular weight is 745 g/mol. The molecule has 0 amide bonds. The first-order chi connectivity index (χ1) is 28.3. The first-order valence-corrected chi connectivity index (χ1v) is 20.3. The third-order valence-electron chi connectivity index (χ3n) is 11.2. The van der Waals surface area contributed by atoms with Crippen LogP contribution in [0.4, 0.5) is 17.1 Å². The summed E-state index contributed by atoms with van der Waals surface area (Å²) in [6, 6.07) is 79.4. The zero-order chi connectivity index (χ0) is 37.7. The minimum atomic E-state index is 1.13. The van der Waals surface area contributed by atoms with Crippen molar-refractivity contribution in [3.8, 4) is 39.1 Å². The van der Waals surface area contributed by atoms with Crippen molar-refractivity contribution in [1.82, 2.24) is 4.57 Å². The van der Waals surface area contributed by atoms with Crippen LogP contribution in [0.15, 0.2) is 218 Å². The van der Waals surface area contributed by atoms with Gasteiger partial charge in [-0.25, -0.2) is 0 Å². The SMILES string of the molecule is c1ccc(-c2ccc(-c3ccccc3)c(-n3c4ccccc4c4c(N(c5ccccc5-c5ccccc5)c5cccc6c5sc5ccccc56)cccc43)c2)cc1. The number of hydrogen-bond acceptors (Lipinski definition) is 2. The fraction of sp³-hybridized carbons (Fsp3) is 0. The monoisotopic (exact) mass is 744 g/mol. The lowest BCUT2D eigenvalue weighted by Gasteiger charge is -2.29. The van der Waals surface area contributed by atoms with Crippen LogP contribution in [0, 0.1) is 0 Å². The van der Waals surface area contributed by atoms with Gasteiger partial charge in [0.1, 0.15) is 0 Å². The quantitative estimate of drug-likeness (QED) is 0.158. The van der Waals surface area contributed by atoms with Crippen LogP contribution in [-0.2, 0) is 0 Å². The molecule has 57 heavy (non-hydrogen) atoms. The highest BCUT2D eigenvalue weighted by atomic mass is 32.1. The van der Waals surface area contributed by atoms with Crippen molar-refractivity contribution in [2.45, 2.75) is 0 Å². The molecule has 0 unspecified atom stereocenters.